The van der Waals surface area contributed by atoms with Crippen molar-refractivity contribution in [2.24, 2.45) is 0 Å². The molecule has 0 aliphatic heterocycles. The van der Waals surface area contributed by atoms with E-state index < -0.39 is 5.97 Å². The summed E-state index contributed by atoms with van der Waals surface area (Å²) < 4.78 is 12.2. The summed E-state index contributed by atoms with van der Waals surface area (Å²) in [5.74, 6) is 0.248. The number of ether oxygens (including phenoxy) is 2. The molecular formula is C15H16N2O4. The highest BCUT2D eigenvalue weighted by Gasteiger charge is 2.10. The molecule has 2 rings (SSSR count). The molecule has 0 amide bonds. The Bertz CT molecular complexity index is 689. The molecule has 0 saturated heterocycles. The molecule has 0 bridgehead atoms. The first-order valence-corrected chi connectivity index (χ1v) is 6.25. The van der Waals surface area contributed by atoms with E-state index in [1.807, 2.05) is 19.1 Å². The largest absolute Gasteiger partial charge is 0.493 e. The minimum Gasteiger partial charge on any atom is -0.493 e. The van der Waals surface area contributed by atoms with Gasteiger partial charge in [-0.1, -0.05) is 0 Å². The van der Waals surface area contributed by atoms with Crippen molar-refractivity contribution in [3.8, 4) is 17.2 Å². The summed E-state index contributed by atoms with van der Waals surface area (Å²) in [7, 11) is 3.14. The van der Waals surface area contributed by atoms with Crippen LogP contribution >= 0.6 is 0 Å². The molecule has 0 unspecified atom stereocenters. The number of benzene rings is 1. The summed E-state index contributed by atoms with van der Waals surface area (Å²) in [5, 5.41) is 12.9. The van der Waals surface area contributed by atoms with Crippen molar-refractivity contribution in [2.45, 2.75) is 6.92 Å². The maximum Gasteiger partial charge on any atom is 0.328 e. The molecule has 0 saturated carbocycles. The Hall–Kier alpha value is -2.76. The molecule has 6 heteroatoms. The summed E-state index contributed by atoms with van der Waals surface area (Å²) in [6.07, 6.45) is 4.22. The van der Waals surface area contributed by atoms with Gasteiger partial charge in [-0.2, -0.15) is 5.10 Å². The van der Waals surface area contributed by atoms with Crippen LogP contribution in [-0.4, -0.2) is 35.1 Å². The average molecular weight is 288 g/mol. The first-order chi connectivity index (χ1) is 10.1. The molecule has 0 spiro atoms. The third kappa shape index (κ3) is 3.05. The molecular weight excluding hydrogens is 272 g/mol. The Morgan fingerprint density at radius 3 is 2.62 bits per heavy atom. The number of carboxylic acid groups (broad SMARTS) is 1. The number of aliphatic carboxylic acids is 1. The average Bonchev–Trinajstić information content (AvgIpc) is 2.85. The van der Waals surface area contributed by atoms with E-state index in [-0.39, 0.29) is 0 Å². The number of hydrogen-bond donors (Lipinski definition) is 1. The van der Waals surface area contributed by atoms with E-state index in [0.29, 0.717) is 11.5 Å². The Morgan fingerprint density at radius 1 is 1.29 bits per heavy atom. The second-order valence-corrected chi connectivity index (χ2v) is 4.31. The number of carboxylic acids is 1. The second-order valence-electron chi connectivity index (χ2n) is 4.31. The van der Waals surface area contributed by atoms with Crippen LogP contribution in [0.1, 0.15) is 11.3 Å². The van der Waals surface area contributed by atoms with Crippen molar-refractivity contribution in [1.82, 2.24) is 9.78 Å². The third-order valence-electron chi connectivity index (χ3n) is 3.06. The van der Waals surface area contributed by atoms with Crippen LogP contribution in [0, 0.1) is 6.92 Å². The van der Waals surface area contributed by atoms with Gasteiger partial charge in [0.1, 0.15) is 0 Å². The van der Waals surface area contributed by atoms with Crippen molar-refractivity contribution in [3.05, 3.63) is 41.7 Å². The van der Waals surface area contributed by atoms with Crippen LogP contribution in [0.15, 0.2) is 30.5 Å². The Morgan fingerprint density at radius 2 is 2.00 bits per heavy atom. The van der Waals surface area contributed by atoms with E-state index >= 15 is 0 Å². The highest BCUT2D eigenvalue weighted by molar-refractivity contribution is 5.85. The molecule has 1 aromatic heterocycles. The first-order valence-electron chi connectivity index (χ1n) is 6.25. The summed E-state index contributed by atoms with van der Waals surface area (Å²) in [6, 6.07) is 5.46. The second kappa shape index (κ2) is 6.13. The van der Waals surface area contributed by atoms with E-state index in [1.165, 1.54) is 6.08 Å². The molecule has 1 N–H and O–H groups in total. The van der Waals surface area contributed by atoms with Gasteiger partial charge in [-0.3, -0.25) is 0 Å². The van der Waals surface area contributed by atoms with Crippen LogP contribution in [0.2, 0.25) is 0 Å². The molecule has 1 aromatic carbocycles. The van der Waals surface area contributed by atoms with Gasteiger partial charge in [0.25, 0.3) is 0 Å². The summed E-state index contributed by atoms with van der Waals surface area (Å²) in [4.78, 5) is 10.6. The predicted octanol–water partition coefficient (Wildman–Crippen LogP) is 2.30. The molecule has 0 atom stereocenters. The molecule has 6 nitrogen and oxygen atoms in total. The zero-order valence-corrected chi connectivity index (χ0v) is 12.0. The molecule has 0 radical (unpaired) electrons. The predicted molar refractivity (Wildman–Crippen MR) is 78.1 cm³/mol. The number of nitrogens with zero attached hydrogens (tertiary/aromatic N) is 2. The standard InChI is InChI=1S/C15H16N2O4/c1-10-11(4-7-15(18)19)9-16-17(10)12-5-6-13(20-2)14(8-12)21-3/h4-9H,1-3H3,(H,18,19)/b7-4+. The lowest BCUT2D eigenvalue weighted by atomic mass is 10.2. The van der Waals surface area contributed by atoms with E-state index in [2.05, 4.69) is 5.10 Å². The SMILES string of the molecule is COc1ccc(-n2ncc(/C=C/C(=O)O)c2C)cc1OC. The maximum absolute atomic E-state index is 10.6. The highest BCUT2D eigenvalue weighted by Crippen LogP contribution is 2.29. The summed E-state index contributed by atoms with van der Waals surface area (Å²) in [5.41, 5.74) is 2.38. The van der Waals surface area contributed by atoms with Crippen molar-refractivity contribution >= 4 is 12.0 Å². The van der Waals surface area contributed by atoms with Gasteiger partial charge in [-0.05, 0) is 25.1 Å². The minimum absolute atomic E-state index is 0.604. The zero-order valence-electron chi connectivity index (χ0n) is 12.0. The Balaban J connectivity index is 2.41. The number of hydrogen-bond acceptors (Lipinski definition) is 4. The summed E-state index contributed by atoms with van der Waals surface area (Å²) >= 11 is 0. The fourth-order valence-corrected chi connectivity index (χ4v) is 1.96. The highest BCUT2D eigenvalue weighted by atomic mass is 16.5. The summed E-state index contributed by atoms with van der Waals surface area (Å²) in [6.45, 7) is 1.87. The van der Waals surface area contributed by atoms with Crippen LogP contribution in [0.4, 0.5) is 0 Å². The third-order valence-corrected chi connectivity index (χ3v) is 3.06. The van der Waals surface area contributed by atoms with Crippen LogP contribution in [0.3, 0.4) is 0 Å². The monoisotopic (exact) mass is 288 g/mol. The van der Waals surface area contributed by atoms with Gasteiger partial charge in [0.2, 0.25) is 0 Å². The van der Waals surface area contributed by atoms with Gasteiger partial charge >= 0.3 is 5.97 Å². The minimum atomic E-state index is -0.992. The lowest BCUT2D eigenvalue weighted by Gasteiger charge is -2.10. The number of methoxy groups -OCH3 is 2. The molecule has 110 valence electrons. The van der Waals surface area contributed by atoms with Crippen molar-refractivity contribution in [1.29, 1.82) is 0 Å². The number of aromatic nitrogens is 2. The molecule has 0 aliphatic carbocycles. The van der Waals surface area contributed by atoms with E-state index in [9.17, 15) is 4.79 Å². The van der Waals surface area contributed by atoms with Crippen molar-refractivity contribution in [2.75, 3.05) is 14.2 Å². The van der Waals surface area contributed by atoms with Crippen molar-refractivity contribution < 1.29 is 19.4 Å². The van der Waals surface area contributed by atoms with Crippen LogP contribution in [0.25, 0.3) is 11.8 Å². The van der Waals surface area contributed by atoms with Gasteiger partial charge < -0.3 is 14.6 Å². The Labute approximate surface area is 122 Å². The maximum atomic E-state index is 10.6. The van der Waals surface area contributed by atoms with E-state index in [4.69, 9.17) is 14.6 Å². The molecule has 1 heterocycles. The van der Waals surface area contributed by atoms with Crippen molar-refractivity contribution in [3.63, 3.8) is 0 Å². The van der Waals surface area contributed by atoms with E-state index in [1.54, 1.807) is 31.2 Å². The zero-order chi connectivity index (χ0) is 15.4. The number of rotatable bonds is 5. The lowest BCUT2D eigenvalue weighted by Crippen LogP contribution is -2.00. The smallest absolute Gasteiger partial charge is 0.328 e. The quantitative estimate of drug-likeness (QED) is 0.854. The van der Waals surface area contributed by atoms with Gasteiger partial charge in [0.15, 0.2) is 11.5 Å². The number of carbonyl (C=O) groups is 1. The van der Waals surface area contributed by atoms with Gasteiger partial charge in [-0.25, -0.2) is 9.48 Å². The topological polar surface area (TPSA) is 73.6 Å². The molecule has 21 heavy (non-hydrogen) atoms. The molecule has 0 fully saturated rings. The molecule has 0 aliphatic rings. The van der Waals surface area contributed by atoms with Gasteiger partial charge in [0, 0.05) is 23.4 Å². The first kappa shape index (κ1) is 14.6. The fourth-order valence-electron chi connectivity index (χ4n) is 1.96. The Kier molecular flexibility index (Phi) is 4.27. The van der Waals surface area contributed by atoms with E-state index in [0.717, 1.165) is 23.0 Å². The molecule has 2 aromatic rings. The lowest BCUT2D eigenvalue weighted by molar-refractivity contribution is -0.131. The fraction of sp³-hybridized carbons (Fsp3) is 0.200. The van der Waals surface area contributed by atoms with Crippen LogP contribution in [-0.2, 0) is 4.79 Å². The van der Waals surface area contributed by atoms with Gasteiger partial charge in [0.05, 0.1) is 26.1 Å². The van der Waals surface area contributed by atoms with Gasteiger partial charge in [-0.15, -0.1) is 0 Å². The normalized spacial score (nSPS) is 10.8. The van der Waals surface area contributed by atoms with Crippen LogP contribution in [0.5, 0.6) is 11.5 Å². The van der Waals surface area contributed by atoms with Crippen LogP contribution < -0.4 is 9.47 Å².